The van der Waals surface area contributed by atoms with Crippen LogP contribution < -0.4 is 15.8 Å². The maximum atomic E-state index is 11.8. The molecule has 3 N–H and O–H groups in total. The zero-order valence-electron chi connectivity index (χ0n) is 12.8. The summed E-state index contributed by atoms with van der Waals surface area (Å²) in [5.74, 6) is 0.0762. The minimum atomic E-state index is -0.901. The molecule has 0 saturated heterocycles. The number of ether oxygens (including phenoxy) is 1. The average Bonchev–Trinajstić information content (AvgIpc) is 2.94. The highest BCUT2D eigenvalue weighted by Gasteiger charge is 2.21. The van der Waals surface area contributed by atoms with Crippen molar-refractivity contribution >= 4 is 23.7 Å². The van der Waals surface area contributed by atoms with E-state index < -0.39 is 17.2 Å². The van der Waals surface area contributed by atoms with Crippen molar-refractivity contribution < 1.29 is 14.3 Å². The summed E-state index contributed by atoms with van der Waals surface area (Å²) in [6.45, 7) is 3.55. The largest absolute Gasteiger partial charge is 0.494 e. The minimum Gasteiger partial charge on any atom is -0.494 e. The van der Waals surface area contributed by atoms with Crippen molar-refractivity contribution in [2.45, 2.75) is 24.3 Å². The van der Waals surface area contributed by atoms with E-state index in [1.54, 1.807) is 14.0 Å². The molecule has 0 fully saturated rings. The van der Waals surface area contributed by atoms with Gasteiger partial charge in [-0.3, -0.25) is 10.1 Å². The first-order valence-electron chi connectivity index (χ1n) is 6.62. The topological polar surface area (TPSA) is 125 Å². The molecule has 0 aliphatic carbocycles. The Kier molecular flexibility index (Phi) is 5.16. The molecule has 1 heterocycles. The number of amides is 3. The number of nitrogens with one attached hydrogen (secondary N) is 1. The third-order valence-electron chi connectivity index (χ3n) is 2.90. The number of imide groups is 1. The molecule has 23 heavy (non-hydrogen) atoms. The first-order chi connectivity index (χ1) is 10.9. The van der Waals surface area contributed by atoms with E-state index in [1.165, 1.54) is 4.68 Å². The molecule has 9 nitrogen and oxygen atoms in total. The number of carbonyl (C=O) groups is 2. The summed E-state index contributed by atoms with van der Waals surface area (Å²) in [5, 5.41) is 13.3. The van der Waals surface area contributed by atoms with Crippen LogP contribution in [-0.4, -0.2) is 44.5 Å². The van der Waals surface area contributed by atoms with Gasteiger partial charge in [0.1, 0.15) is 11.4 Å². The number of hydrogen-bond acceptors (Lipinski definition) is 7. The Morgan fingerprint density at radius 3 is 2.83 bits per heavy atom. The van der Waals surface area contributed by atoms with E-state index in [0.29, 0.717) is 16.6 Å². The van der Waals surface area contributed by atoms with Gasteiger partial charge in [-0.2, -0.15) is 4.68 Å². The number of rotatable bonds is 5. The Morgan fingerprint density at radius 2 is 2.17 bits per heavy atom. The number of benzene rings is 1. The van der Waals surface area contributed by atoms with Crippen molar-refractivity contribution in [3.63, 3.8) is 0 Å². The number of nitrogens with zero attached hydrogens (tertiary/aromatic N) is 4. The standard InChI is InChI=1S/C13H16N6O3S/c1-7-4-5-10(22-3)9(6-7)19-13(16-17-18-19)23-8(2)11(20)15-12(14)21/h4-6,8H,1-3H3,(H3,14,15,20,21)/t8-/m1/s1. The van der Waals surface area contributed by atoms with Crippen LogP contribution in [0.3, 0.4) is 0 Å². The zero-order valence-corrected chi connectivity index (χ0v) is 13.6. The molecule has 0 bridgehead atoms. The van der Waals surface area contributed by atoms with E-state index in [9.17, 15) is 9.59 Å². The lowest BCUT2D eigenvalue weighted by molar-refractivity contribution is -0.119. The zero-order chi connectivity index (χ0) is 17.0. The lowest BCUT2D eigenvalue weighted by Crippen LogP contribution is -2.39. The molecule has 122 valence electrons. The van der Waals surface area contributed by atoms with Gasteiger partial charge < -0.3 is 10.5 Å². The van der Waals surface area contributed by atoms with Crippen molar-refractivity contribution in [2.24, 2.45) is 5.73 Å². The molecule has 2 rings (SSSR count). The predicted octanol–water partition coefficient (Wildman–Crippen LogP) is 0.655. The number of primary amides is 1. The Balaban J connectivity index is 2.28. The summed E-state index contributed by atoms with van der Waals surface area (Å²) in [4.78, 5) is 22.5. The van der Waals surface area contributed by atoms with Crippen molar-refractivity contribution in [1.82, 2.24) is 25.5 Å². The summed E-state index contributed by atoms with van der Waals surface area (Å²) < 4.78 is 6.79. The number of tetrazole rings is 1. The molecule has 2 aromatic rings. The molecular formula is C13H16N6O3S. The fourth-order valence-corrected chi connectivity index (χ4v) is 2.60. The fourth-order valence-electron chi connectivity index (χ4n) is 1.80. The van der Waals surface area contributed by atoms with Crippen molar-refractivity contribution in [3.8, 4) is 11.4 Å². The van der Waals surface area contributed by atoms with Gasteiger partial charge in [-0.15, -0.1) is 5.10 Å². The summed E-state index contributed by atoms with van der Waals surface area (Å²) in [6.07, 6.45) is 0. The molecule has 0 unspecified atom stereocenters. The van der Waals surface area contributed by atoms with Gasteiger partial charge in [0.15, 0.2) is 0 Å². The van der Waals surface area contributed by atoms with Crippen LogP contribution in [0.2, 0.25) is 0 Å². The number of aryl methyl sites for hydroxylation is 1. The summed E-state index contributed by atoms with van der Waals surface area (Å²) in [6, 6.07) is 4.68. The van der Waals surface area contributed by atoms with Gasteiger partial charge in [0.25, 0.3) is 0 Å². The molecule has 3 amide bonds. The molecule has 0 saturated carbocycles. The van der Waals surface area contributed by atoms with Gasteiger partial charge in [-0.25, -0.2) is 4.79 Å². The Hall–Kier alpha value is -2.62. The number of carbonyl (C=O) groups excluding carboxylic acids is 2. The second kappa shape index (κ2) is 7.09. The summed E-state index contributed by atoms with van der Waals surface area (Å²) >= 11 is 1.10. The highest BCUT2D eigenvalue weighted by atomic mass is 32.2. The highest BCUT2D eigenvalue weighted by Crippen LogP contribution is 2.28. The molecular weight excluding hydrogens is 320 g/mol. The van der Waals surface area contributed by atoms with Crippen molar-refractivity contribution in [2.75, 3.05) is 7.11 Å². The fraction of sp³-hybridized carbons (Fsp3) is 0.308. The van der Waals surface area contributed by atoms with Crippen LogP contribution >= 0.6 is 11.8 Å². The van der Waals surface area contributed by atoms with E-state index in [2.05, 4.69) is 15.5 Å². The van der Waals surface area contributed by atoms with Crippen LogP contribution in [0.15, 0.2) is 23.4 Å². The Bertz CT molecular complexity index is 732. The second-order valence-corrected chi connectivity index (χ2v) is 5.97. The smallest absolute Gasteiger partial charge is 0.318 e. The molecule has 0 radical (unpaired) electrons. The van der Waals surface area contributed by atoms with Crippen molar-refractivity contribution in [1.29, 1.82) is 0 Å². The molecule has 1 atom stereocenters. The van der Waals surface area contributed by atoms with E-state index in [1.807, 2.05) is 30.4 Å². The minimum absolute atomic E-state index is 0.390. The third kappa shape index (κ3) is 3.97. The van der Waals surface area contributed by atoms with E-state index in [0.717, 1.165) is 17.3 Å². The second-order valence-electron chi connectivity index (χ2n) is 4.66. The summed E-state index contributed by atoms with van der Waals surface area (Å²) in [5.41, 5.74) is 6.60. The number of nitrogens with two attached hydrogens (primary N) is 1. The first-order valence-corrected chi connectivity index (χ1v) is 7.50. The third-order valence-corrected chi connectivity index (χ3v) is 3.93. The molecule has 10 heteroatoms. The molecule has 0 spiro atoms. The highest BCUT2D eigenvalue weighted by molar-refractivity contribution is 8.00. The van der Waals surface area contributed by atoms with E-state index in [4.69, 9.17) is 10.5 Å². The van der Waals surface area contributed by atoms with Crippen LogP contribution in [0.4, 0.5) is 4.79 Å². The Labute approximate surface area is 136 Å². The van der Waals surface area contributed by atoms with Crippen LogP contribution in [0, 0.1) is 6.92 Å². The number of thioether (sulfide) groups is 1. The first kappa shape index (κ1) is 16.7. The van der Waals surface area contributed by atoms with Crippen LogP contribution in [0.25, 0.3) is 5.69 Å². The maximum Gasteiger partial charge on any atom is 0.318 e. The molecule has 1 aromatic heterocycles. The predicted molar refractivity (Wildman–Crippen MR) is 83.5 cm³/mol. The monoisotopic (exact) mass is 336 g/mol. The maximum absolute atomic E-state index is 11.8. The Morgan fingerprint density at radius 1 is 1.43 bits per heavy atom. The molecule has 0 aliphatic heterocycles. The van der Waals surface area contributed by atoms with Gasteiger partial charge in [0.05, 0.1) is 12.4 Å². The van der Waals surface area contributed by atoms with Gasteiger partial charge in [-0.1, -0.05) is 17.8 Å². The van der Waals surface area contributed by atoms with Crippen LogP contribution in [0.5, 0.6) is 5.75 Å². The quantitative estimate of drug-likeness (QED) is 0.768. The number of methoxy groups -OCH3 is 1. The van der Waals surface area contributed by atoms with Crippen LogP contribution in [-0.2, 0) is 4.79 Å². The van der Waals surface area contributed by atoms with E-state index >= 15 is 0 Å². The summed E-state index contributed by atoms with van der Waals surface area (Å²) in [7, 11) is 1.55. The number of aromatic nitrogens is 4. The van der Waals surface area contributed by atoms with Gasteiger partial charge in [-0.05, 0) is 42.0 Å². The molecule has 1 aromatic carbocycles. The van der Waals surface area contributed by atoms with Gasteiger partial charge >= 0.3 is 6.03 Å². The SMILES string of the molecule is COc1ccc(C)cc1-n1nnnc1S[C@H](C)C(=O)NC(N)=O. The number of hydrogen-bond donors (Lipinski definition) is 2. The van der Waals surface area contributed by atoms with Gasteiger partial charge in [0.2, 0.25) is 11.1 Å². The average molecular weight is 336 g/mol. The number of urea groups is 1. The normalized spacial score (nSPS) is 11.8. The van der Waals surface area contributed by atoms with Crippen LogP contribution in [0.1, 0.15) is 12.5 Å². The van der Waals surface area contributed by atoms with E-state index in [-0.39, 0.29) is 0 Å². The van der Waals surface area contributed by atoms with Crippen molar-refractivity contribution in [3.05, 3.63) is 23.8 Å². The molecule has 0 aliphatic rings. The lowest BCUT2D eigenvalue weighted by atomic mass is 10.2. The lowest BCUT2D eigenvalue weighted by Gasteiger charge is -2.12. The van der Waals surface area contributed by atoms with Gasteiger partial charge in [0, 0.05) is 0 Å².